The predicted octanol–water partition coefficient (Wildman–Crippen LogP) is 2.76. The zero-order chi connectivity index (χ0) is 21.3. The van der Waals surface area contributed by atoms with Crippen molar-refractivity contribution in [3.63, 3.8) is 0 Å². The smallest absolute Gasteiger partial charge is 0.315 e. The van der Waals surface area contributed by atoms with Crippen molar-refractivity contribution in [1.29, 1.82) is 0 Å². The number of imidazole rings is 1. The molecular formula is C24H29N5O2. The lowest BCUT2D eigenvalue weighted by molar-refractivity contribution is 0.0341. The van der Waals surface area contributed by atoms with Gasteiger partial charge >= 0.3 is 6.03 Å². The molecule has 1 aliphatic rings. The number of urea groups is 1. The summed E-state index contributed by atoms with van der Waals surface area (Å²) in [5.74, 6) is 0. The third-order valence-electron chi connectivity index (χ3n) is 5.42. The van der Waals surface area contributed by atoms with Crippen molar-refractivity contribution in [2.75, 3.05) is 26.3 Å². The van der Waals surface area contributed by atoms with E-state index in [0.29, 0.717) is 13.1 Å². The summed E-state index contributed by atoms with van der Waals surface area (Å²) in [6, 6.07) is 16.3. The minimum atomic E-state index is -0.166. The number of morpholine rings is 1. The highest BCUT2D eigenvalue weighted by Gasteiger charge is 2.13. The van der Waals surface area contributed by atoms with Gasteiger partial charge in [0.2, 0.25) is 0 Å². The fourth-order valence-corrected chi connectivity index (χ4v) is 3.73. The summed E-state index contributed by atoms with van der Waals surface area (Å²) in [5.41, 5.74) is 4.64. The molecule has 0 saturated carbocycles. The third kappa shape index (κ3) is 6.41. The van der Waals surface area contributed by atoms with Gasteiger partial charge in [0.25, 0.3) is 0 Å². The Balaban J connectivity index is 1.26. The first-order valence-corrected chi connectivity index (χ1v) is 10.7. The number of carbonyl (C=O) groups is 1. The molecule has 0 bridgehead atoms. The predicted molar refractivity (Wildman–Crippen MR) is 119 cm³/mol. The highest BCUT2D eigenvalue weighted by molar-refractivity contribution is 5.73. The van der Waals surface area contributed by atoms with E-state index in [4.69, 9.17) is 4.74 Å². The number of benzene rings is 2. The SMILES string of the molecule is O=C(NCc1cccc(Cn2ccnc2)c1)NCc1ccccc1CN1CCOCC1. The quantitative estimate of drug-likeness (QED) is 0.589. The van der Waals surface area contributed by atoms with Gasteiger partial charge in [0, 0.05) is 51.7 Å². The molecule has 0 aliphatic carbocycles. The van der Waals surface area contributed by atoms with E-state index in [1.165, 1.54) is 11.1 Å². The average Bonchev–Trinajstić information content (AvgIpc) is 3.31. The first kappa shape index (κ1) is 21.1. The van der Waals surface area contributed by atoms with Gasteiger partial charge in [-0.25, -0.2) is 9.78 Å². The fourth-order valence-electron chi connectivity index (χ4n) is 3.73. The van der Waals surface area contributed by atoms with Gasteiger partial charge in [-0.1, -0.05) is 48.5 Å². The van der Waals surface area contributed by atoms with E-state index in [9.17, 15) is 4.79 Å². The Morgan fingerprint density at radius 3 is 2.52 bits per heavy atom. The van der Waals surface area contributed by atoms with Crippen molar-refractivity contribution in [2.24, 2.45) is 0 Å². The van der Waals surface area contributed by atoms with Crippen molar-refractivity contribution < 1.29 is 9.53 Å². The second-order valence-corrected chi connectivity index (χ2v) is 7.75. The summed E-state index contributed by atoms with van der Waals surface area (Å²) in [5, 5.41) is 5.95. The number of amides is 2. The molecule has 0 unspecified atom stereocenters. The molecule has 2 heterocycles. The molecule has 0 radical (unpaired) electrons. The molecule has 1 aliphatic heterocycles. The van der Waals surface area contributed by atoms with Crippen LogP contribution in [0.4, 0.5) is 4.79 Å². The summed E-state index contributed by atoms with van der Waals surface area (Å²) in [4.78, 5) is 18.8. The molecule has 2 aromatic carbocycles. The molecular weight excluding hydrogens is 390 g/mol. The third-order valence-corrected chi connectivity index (χ3v) is 5.42. The van der Waals surface area contributed by atoms with Crippen LogP contribution in [0.1, 0.15) is 22.3 Å². The maximum absolute atomic E-state index is 12.4. The Kier molecular flexibility index (Phi) is 7.31. The number of carbonyl (C=O) groups excluding carboxylic acids is 1. The van der Waals surface area contributed by atoms with Gasteiger partial charge in [0.05, 0.1) is 19.5 Å². The molecule has 2 amide bonds. The van der Waals surface area contributed by atoms with Gasteiger partial charge in [-0.3, -0.25) is 4.90 Å². The first-order chi connectivity index (χ1) is 15.3. The Morgan fingerprint density at radius 2 is 1.71 bits per heavy atom. The normalized spacial score (nSPS) is 14.3. The Bertz CT molecular complexity index is 968. The molecule has 7 nitrogen and oxygen atoms in total. The Labute approximate surface area is 183 Å². The van der Waals surface area contributed by atoms with Crippen molar-refractivity contribution in [3.05, 3.63) is 89.5 Å². The molecule has 1 saturated heterocycles. The van der Waals surface area contributed by atoms with E-state index < -0.39 is 0 Å². The van der Waals surface area contributed by atoms with Gasteiger partial charge in [-0.05, 0) is 22.3 Å². The Morgan fingerprint density at radius 1 is 0.935 bits per heavy atom. The maximum atomic E-state index is 12.4. The molecule has 1 aromatic heterocycles. The molecule has 2 N–H and O–H groups in total. The van der Waals surface area contributed by atoms with Crippen LogP contribution < -0.4 is 10.6 Å². The van der Waals surface area contributed by atoms with E-state index in [-0.39, 0.29) is 6.03 Å². The van der Waals surface area contributed by atoms with Crippen LogP contribution in [0.15, 0.2) is 67.3 Å². The molecule has 0 spiro atoms. The lowest BCUT2D eigenvalue weighted by Crippen LogP contribution is -2.37. The van der Waals surface area contributed by atoms with Crippen LogP contribution in [0.2, 0.25) is 0 Å². The second kappa shape index (κ2) is 10.7. The lowest BCUT2D eigenvalue weighted by atomic mass is 10.1. The summed E-state index contributed by atoms with van der Waals surface area (Å²) in [6.45, 7) is 6.10. The molecule has 1 fully saturated rings. The molecule has 4 rings (SSSR count). The van der Waals surface area contributed by atoms with Crippen LogP contribution in [0.3, 0.4) is 0 Å². The highest BCUT2D eigenvalue weighted by Crippen LogP contribution is 2.13. The van der Waals surface area contributed by atoms with Crippen LogP contribution >= 0.6 is 0 Å². The number of aromatic nitrogens is 2. The largest absolute Gasteiger partial charge is 0.379 e. The molecule has 162 valence electrons. The summed E-state index contributed by atoms with van der Waals surface area (Å²) in [7, 11) is 0. The zero-order valence-electron chi connectivity index (χ0n) is 17.7. The van der Waals surface area contributed by atoms with Gasteiger partial charge in [0.15, 0.2) is 0 Å². The number of nitrogens with zero attached hydrogens (tertiary/aromatic N) is 3. The summed E-state index contributed by atoms with van der Waals surface area (Å²) < 4.78 is 7.45. The number of hydrogen-bond acceptors (Lipinski definition) is 4. The Hall–Kier alpha value is -3.16. The van der Waals surface area contributed by atoms with E-state index >= 15 is 0 Å². The standard InChI is InChI=1S/C24H29N5O2/c30-24(26-15-20-4-3-5-21(14-20)17-29-9-8-25-19-29)27-16-22-6-1-2-7-23(22)18-28-10-12-31-13-11-28/h1-9,14,19H,10-13,15-18H2,(H2,26,27,30). The van der Waals surface area contributed by atoms with Gasteiger partial charge < -0.3 is 19.9 Å². The van der Waals surface area contributed by atoms with Crippen LogP contribution in [0.25, 0.3) is 0 Å². The van der Waals surface area contributed by atoms with E-state index in [1.54, 1.807) is 12.5 Å². The van der Waals surface area contributed by atoms with E-state index in [2.05, 4.69) is 50.8 Å². The molecule has 3 aromatic rings. The average molecular weight is 420 g/mol. The van der Waals surface area contributed by atoms with Crippen LogP contribution in [0, 0.1) is 0 Å². The second-order valence-electron chi connectivity index (χ2n) is 7.75. The van der Waals surface area contributed by atoms with Crippen molar-refractivity contribution in [2.45, 2.75) is 26.2 Å². The number of hydrogen-bond donors (Lipinski definition) is 2. The minimum Gasteiger partial charge on any atom is -0.379 e. The fraction of sp³-hybridized carbons (Fsp3) is 0.333. The monoisotopic (exact) mass is 419 g/mol. The highest BCUT2D eigenvalue weighted by atomic mass is 16.5. The molecule has 7 heteroatoms. The minimum absolute atomic E-state index is 0.166. The topological polar surface area (TPSA) is 71.4 Å². The number of rotatable bonds is 8. The number of nitrogens with one attached hydrogen (secondary N) is 2. The summed E-state index contributed by atoms with van der Waals surface area (Å²) in [6.07, 6.45) is 5.51. The maximum Gasteiger partial charge on any atom is 0.315 e. The molecule has 0 atom stereocenters. The first-order valence-electron chi connectivity index (χ1n) is 10.7. The lowest BCUT2D eigenvalue weighted by Gasteiger charge is -2.27. The zero-order valence-corrected chi connectivity index (χ0v) is 17.7. The van der Waals surface area contributed by atoms with Crippen LogP contribution in [0.5, 0.6) is 0 Å². The molecule has 31 heavy (non-hydrogen) atoms. The van der Waals surface area contributed by atoms with Crippen molar-refractivity contribution in [3.8, 4) is 0 Å². The van der Waals surface area contributed by atoms with Crippen LogP contribution in [-0.4, -0.2) is 46.8 Å². The van der Waals surface area contributed by atoms with E-state index in [1.807, 2.05) is 29.0 Å². The van der Waals surface area contributed by atoms with Gasteiger partial charge in [-0.2, -0.15) is 0 Å². The van der Waals surface area contributed by atoms with Crippen molar-refractivity contribution in [1.82, 2.24) is 25.1 Å². The number of ether oxygens (including phenoxy) is 1. The van der Waals surface area contributed by atoms with Gasteiger partial charge in [0.1, 0.15) is 0 Å². The van der Waals surface area contributed by atoms with Crippen LogP contribution in [-0.2, 0) is 30.9 Å². The van der Waals surface area contributed by atoms with E-state index in [0.717, 1.165) is 50.5 Å². The van der Waals surface area contributed by atoms with Crippen molar-refractivity contribution >= 4 is 6.03 Å². The summed E-state index contributed by atoms with van der Waals surface area (Å²) >= 11 is 0. The van der Waals surface area contributed by atoms with Gasteiger partial charge in [-0.15, -0.1) is 0 Å².